The maximum atomic E-state index is 14.3. The lowest BCUT2D eigenvalue weighted by molar-refractivity contribution is -0.129. The van der Waals surface area contributed by atoms with Crippen LogP contribution in [0.15, 0.2) is 48.2 Å². The van der Waals surface area contributed by atoms with Crippen LogP contribution in [0.25, 0.3) is 0 Å². The van der Waals surface area contributed by atoms with Crippen molar-refractivity contribution in [1.29, 1.82) is 0 Å². The van der Waals surface area contributed by atoms with Crippen LogP contribution in [0.4, 0.5) is 13.6 Å². The number of alkyl carbamates (subject to hydrolysis) is 1. The second-order valence-electron chi connectivity index (χ2n) is 7.74. The minimum atomic E-state index is -0.850. The van der Waals surface area contributed by atoms with E-state index in [9.17, 15) is 18.4 Å². The number of hydrogen-bond donors (Lipinski definition) is 1. The number of allylic oxidation sites excluding steroid dienone is 1. The summed E-state index contributed by atoms with van der Waals surface area (Å²) >= 11 is 0. The molecule has 0 aliphatic carbocycles. The summed E-state index contributed by atoms with van der Waals surface area (Å²) < 4.78 is 43.8. The summed E-state index contributed by atoms with van der Waals surface area (Å²) in [6, 6.07) is 8.55. The van der Waals surface area contributed by atoms with Crippen LogP contribution in [0.2, 0.25) is 0 Å². The Morgan fingerprint density at radius 3 is 2.32 bits per heavy atom. The van der Waals surface area contributed by atoms with Gasteiger partial charge in [-0.1, -0.05) is 12.1 Å². The standard InChI is InChI=1S/C23H25F2NO5/c1-14-10-18(25)15(12-17(14)24)11-16(26-22(28)31-23(2,3)4)13-21(27)30-20-9-7-6-8-19(20)29-5/h6-10,12-13H,11H2,1-5H3,(H,26,28)/b16-13-. The first-order valence-electron chi connectivity index (χ1n) is 9.48. The summed E-state index contributed by atoms with van der Waals surface area (Å²) in [4.78, 5) is 24.6. The quantitative estimate of drug-likeness (QED) is 0.401. The fourth-order valence-electron chi connectivity index (χ4n) is 2.58. The van der Waals surface area contributed by atoms with Gasteiger partial charge in [-0.05, 0) is 63.1 Å². The first-order chi connectivity index (χ1) is 14.5. The van der Waals surface area contributed by atoms with Crippen molar-refractivity contribution >= 4 is 12.1 Å². The highest BCUT2D eigenvalue weighted by molar-refractivity contribution is 5.86. The molecular weight excluding hydrogens is 408 g/mol. The van der Waals surface area contributed by atoms with Gasteiger partial charge >= 0.3 is 12.1 Å². The molecule has 1 N–H and O–H groups in total. The molecule has 0 aliphatic heterocycles. The third-order valence-electron chi connectivity index (χ3n) is 3.94. The topological polar surface area (TPSA) is 73.9 Å². The predicted molar refractivity (Wildman–Crippen MR) is 111 cm³/mol. The molecular formula is C23H25F2NO5. The average Bonchev–Trinajstić information content (AvgIpc) is 2.64. The lowest BCUT2D eigenvalue weighted by Crippen LogP contribution is -2.33. The monoisotopic (exact) mass is 433 g/mol. The number of esters is 1. The molecule has 1 amide bonds. The Morgan fingerprint density at radius 2 is 1.71 bits per heavy atom. The van der Waals surface area contributed by atoms with Crippen molar-refractivity contribution in [1.82, 2.24) is 5.32 Å². The van der Waals surface area contributed by atoms with Crippen molar-refractivity contribution in [2.24, 2.45) is 0 Å². The van der Waals surface area contributed by atoms with Crippen molar-refractivity contribution in [3.63, 3.8) is 0 Å². The van der Waals surface area contributed by atoms with Gasteiger partial charge in [0.2, 0.25) is 0 Å². The van der Waals surface area contributed by atoms with E-state index in [0.717, 1.165) is 18.2 Å². The van der Waals surface area contributed by atoms with E-state index in [0.29, 0.717) is 5.75 Å². The van der Waals surface area contributed by atoms with Crippen LogP contribution in [0.3, 0.4) is 0 Å². The zero-order valence-electron chi connectivity index (χ0n) is 18.0. The van der Waals surface area contributed by atoms with Crippen LogP contribution in [0.1, 0.15) is 31.9 Å². The number of para-hydroxylation sites is 2. The van der Waals surface area contributed by atoms with Crippen LogP contribution in [0.5, 0.6) is 11.5 Å². The first kappa shape index (κ1) is 23.9. The highest BCUT2D eigenvalue weighted by atomic mass is 19.1. The number of carbonyl (C=O) groups is 2. The van der Waals surface area contributed by atoms with E-state index in [-0.39, 0.29) is 29.0 Å². The molecule has 0 aromatic heterocycles. The number of hydrogen-bond acceptors (Lipinski definition) is 5. The number of carbonyl (C=O) groups excluding carboxylic acids is 2. The van der Waals surface area contributed by atoms with Crippen LogP contribution in [-0.2, 0) is 16.0 Å². The van der Waals surface area contributed by atoms with Gasteiger partial charge in [0.15, 0.2) is 11.5 Å². The molecule has 0 radical (unpaired) electrons. The molecule has 6 nitrogen and oxygen atoms in total. The summed E-state index contributed by atoms with van der Waals surface area (Å²) in [6.45, 7) is 6.44. The molecule has 0 saturated carbocycles. The van der Waals surface area contributed by atoms with Crippen molar-refractivity contribution in [3.05, 3.63) is 70.9 Å². The van der Waals surface area contributed by atoms with Gasteiger partial charge in [-0.2, -0.15) is 0 Å². The fraction of sp³-hybridized carbons (Fsp3) is 0.304. The van der Waals surface area contributed by atoms with Crippen LogP contribution in [0, 0.1) is 18.6 Å². The number of methoxy groups -OCH3 is 1. The Morgan fingerprint density at radius 1 is 1.06 bits per heavy atom. The summed E-state index contributed by atoms with van der Waals surface area (Å²) in [5.41, 5.74) is -0.733. The third-order valence-corrected chi connectivity index (χ3v) is 3.94. The minimum absolute atomic E-state index is 0.0312. The van der Waals surface area contributed by atoms with Gasteiger partial charge in [0, 0.05) is 18.2 Å². The molecule has 0 atom stereocenters. The zero-order chi connectivity index (χ0) is 23.2. The molecule has 0 saturated heterocycles. The number of amides is 1. The first-order valence-corrected chi connectivity index (χ1v) is 9.48. The molecule has 2 aromatic rings. The second kappa shape index (κ2) is 10.1. The predicted octanol–water partition coefficient (Wildman–Crippen LogP) is 4.84. The van der Waals surface area contributed by atoms with Crippen molar-refractivity contribution < 1.29 is 32.6 Å². The maximum absolute atomic E-state index is 14.3. The van der Waals surface area contributed by atoms with E-state index in [4.69, 9.17) is 14.2 Å². The van der Waals surface area contributed by atoms with Crippen molar-refractivity contribution in [3.8, 4) is 11.5 Å². The number of ether oxygens (including phenoxy) is 3. The molecule has 2 rings (SSSR count). The summed E-state index contributed by atoms with van der Waals surface area (Å²) in [6.07, 6.45) is -0.145. The van der Waals surface area contributed by atoms with E-state index in [1.807, 2.05) is 0 Å². The van der Waals surface area contributed by atoms with Crippen molar-refractivity contribution in [2.45, 2.75) is 39.7 Å². The molecule has 0 aliphatic rings. The smallest absolute Gasteiger partial charge is 0.411 e. The lowest BCUT2D eigenvalue weighted by atomic mass is 10.1. The van der Waals surface area contributed by atoms with E-state index in [1.165, 1.54) is 20.1 Å². The Balaban J connectivity index is 2.30. The van der Waals surface area contributed by atoms with E-state index in [2.05, 4.69) is 5.32 Å². The Kier molecular flexibility index (Phi) is 7.74. The van der Waals surface area contributed by atoms with Crippen LogP contribution in [-0.4, -0.2) is 24.8 Å². The summed E-state index contributed by atoms with van der Waals surface area (Å²) in [5.74, 6) is -1.63. The molecule has 31 heavy (non-hydrogen) atoms. The normalized spacial score (nSPS) is 11.6. The Labute approximate surface area is 179 Å². The van der Waals surface area contributed by atoms with E-state index < -0.39 is 29.3 Å². The number of nitrogens with one attached hydrogen (secondary N) is 1. The van der Waals surface area contributed by atoms with E-state index in [1.54, 1.807) is 39.0 Å². The van der Waals surface area contributed by atoms with Gasteiger partial charge < -0.3 is 14.2 Å². The molecule has 0 spiro atoms. The lowest BCUT2D eigenvalue weighted by Gasteiger charge is -2.20. The summed E-state index contributed by atoms with van der Waals surface area (Å²) in [5, 5.41) is 2.41. The molecule has 0 heterocycles. The molecule has 8 heteroatoms. The van der Waals surface area contributed by atoms with Crippen molar-refractivity contribution in [2.75, 3.05) is 7.11 Å². The molecule has 0 bridgehead atoms. The zero-order valence-corrected chi connectivity index (χ0v) is 18.0. The van der Waals surface area contributed by atoms with E-state index >= 15 is 0 Å². The molecule has 2 aromatic carbocycles. The second-order valence-corrected chi connectivity index (χ2v) is 7.74. The van der Waals surface area contributed by atoms with Gasteiger partial charge in [0.25, 0.3) is 0 Å². The Hall–Kier alpha value is -3.42. The Bertz CT molecular complexity index is 996. The number of aryl methyl sites for hydroxylation is 1. The van der Waals surface area contributed by atoms with Gasteiger partial charge in [0.1, 0.15) is 17.2 Å². The third kappa shape index (κ3) is 7.40. The molecule has 166 valence electrons. The average molecular weight is 433 g/mol. The van der Waals surface area contributed by atoms with Gasteiger partial charge in [-0.25, -0.2) is 18.4 Å². The van der Waals surface area contributed by atoms with Crippen LogP contribution < -0.4 is 14.8 Å². The highest BCUT2D eigenvalue weighted by Crippen LogP contribution is 2.26. The maximum Gasteiger partial charge on any atom is 0.411 e. The van der Waals surface area contributed by atoms with Gasteiger partial charge in [-0.15, -0.1) is 0 Å². The van der Waals surface area contributed by atoms with Gasteiger partial charge in [0.05, 0.1) is 7.11 Å². The summed E-state index contributed by atoms with van der Waals surface area (Å²) in [7, 11) is 1.42. The SMILES string of the molecule is COc1ccccc1OC(=O)/C=C(/Cc1cc(F)c(C)cc1F)NC(=O)OC(C)(C)C. The fourth-order valence-corrected chi connectivity index (χ4v) is 2.58. The molecule has 0 unspecified atom stereocenters. The number of benzene rings is 2. The number of rotatable bonds is 6. The highest BCUT2D eigenvalue weighted by Gasteiger charge is 2.19. The minimum Gasteiger partial charge on any atom is -0.493 e. The van der Waals surface area contributed by atoms with Gasteiger partial charge in [-0.3, -0.25) is 5.32 Å². The largest absolute Gasteiger partial charge is 0.493 e. The van der Waals surface area contributed by atoms with Crippen LogP contribution >= 0.6 is 0 Å². The molecule has 0 fully saturated rings. The number of halogens is 2.